The number of nitrogens with two attached hydrogens (primary N) is 2. The number of aliphatic imine (C=N–C) groups is 3. The number of carbonyl (C=O) groups is 4. The van der Waals surface area contributed by atoms with Gasteiger partial charge in [-0.15, -0.1) is 0 Å². The fourth-order valence-electron chi connectivity index (χ4n) is 7.45. The topological polar surface area (TPSA) is 287 Å². The predicted molar refractivity (Wildman–Crippen MR) is 306 cm³/mol. The smallest absolute Gasteiger partial charge is 0.426 e. The van der Waals surface area contributed by atoms with Gasteiger partial charge in [0.05, 0.1) is 27.1 Å². The Labute approximate surface area is 500 Å². The molecule has 0 saturated carbocycles. The van der Waals surface area contributed by atoms with Gasteiger partial charge >= 0.3 is 24.4 Å². The number of benzene rings is 3. The molecule has 86 heavy (non-hydrogen) atoms. The molecule has 474 valence electrons. The number of anilines is 1. The minimum Gasteiger partial charge on any atom is -0.443 e. The Balaban J connectivity index is 0.000000285. The van der Waals surface area contributed by atoms with Crippen LogP contribution in [0, 0.1) is 37.7 Å². The van der Waals surface area contributed by atoms with E-state index in [4.69, 9.17) is 30.4 Å². The van der Waals surface area contributed by atoms with Gasteiger partial charge in [-0.05, 0) is 134 Å². The van der Waals surface area contributed by atoms with E-state index < -0.39 is 164 Å². The minimum atomic E-state index is -3.70. The van der Waals surface area contributed by atoms with Crippen molar-refractivity contribution in [3.05, 3.63) is 109 Å². The molecule has 4 N–H and O–H groups in total. The van der Waals surface area contributed by atoms with Crippen LogP contribution in [-0.2, 0) is 35.6 Å². The molecule has 3 aromatic carbocycles. The van der Waals surface area contributed by atoms with Crippen LogP contribution in [0.3, 0.4) is 0 Å². The number of ether oxygens (including phenoxy) is 4. The lowest BCUT2D eigenvalue weighted by molar-refractivity contribution is -0.385. The van der Waals surface area contributed by atoms with Gasteiger partial charge in [-0.1, -0.05) is 35.3 Å². The normalized spacial score (nSPS) is 21.6. The first kappa shape index (κ1) is 71.5. The van der Waals surface area contributed by atoms with Gasteiger partial charge in [-0.25, -0.2) is 73.7 Å². The predicted octanol–water partition coefficient (Wildman–Crippen LogP) is 14.0. The molecule has 3 heterocycles. The van der Waals surface area contributed by atoms with E-state index in [1.807, 2.05) is 0 Å². The van der Waals surface area contributed by atoms with E-state index in [2.05, 4.69) is 15.0 Å². The van der Waals surface area contributed by atoms with Gasteiger partial charge in [0.25, 0.3) is 29.1 Å². The van der Waals surface area contributed by atoms with Crippen LogP contribution in [-0.4, -0.2) is 117 Å². The number of nitro groups is 2. The van der Waals surface area contributed by atoms with Gasteiger partial charge in [0.15, 0.2) is 32.1 Å². The first-order chi connectivity index (χ1) is 38.8. The van der Waals surface area contributed by atoms with Gasteiger partial charge in [-0.3, -0.25) is 20.2 Å². The van der Waals surface area contributed by atoms with Crippen molar-refractivity contribution >= 4 is 92.2 Å². The van der Waals surface area contributed by atoms with Crippen molar-refractivity contribution in [1.82, 2.24) is 9.80 Å². The number of nitrogen functional groups attached to an aromatic ring is 1. The lowest BCUT2D eigenvalue weighted by Gasteiger charge is -2.40. The number of imide groups is 2. The fraction of sp³-hybridized carbons (Fsp3) is 0.528. The number of hydrogen-bond acceptors (Lipinski definition) is 20. The molecule has 3 aromatic rings. The second kappa shape index (κ2) is 25.4. The molecule has 0 fully saturated rings. The van der Waals surface area contributed by atoms with Crippen LogP contribution in [0.25, 0.3) is 0 Å². The number of nitrogens with zero attached hydrogens (tertiary/aromatic N) is 7. The number of nitro benzene ring substituents is 2. The summed E-state index contributed by atoms with van der Waals surface area (Å²) in [4.78, 5) is 84.0. The number of non-ortho nitro benzene ring substituents is 2. The van der Waals surface area contributed by atoms with Crippen molar-refractivity contribution in [3.8, 4) is 0 Å². The van der Waals surface area contributed by atoms with Gasteiger partial charge in [0, 0.05) is 46.6 Å². The van der Waals surface area contributed by atoms with Crippen molar-refractivity contribution in [2.45, 2.75) is 161 Å². The number of hydrogen-bond donors (Lipinski definition) is 2. The van der Waals surface area contributed by atoms with Crippen molar-refractivity contribution in [3.63, 3.8) is 0 Å². The zero-order valence-corrected chi connectivity index (χ0v) is 51.6. The minimum absolute atomic E-state index is 0.0598. The highest BCUT2D eigenvalue weighted by molar-refractivity contribution is 8.14. The van der Waals surface area contributed by atoms with Crippen LogP contribution in [0.2, 0.25) is 0 Å². The molecule has 3 aliphatic rings. The highest BCUT2D eigenvalue weighted by atomic mass is 32.2. The first-order valence-corrected chi connectivity index (χ1v) is 28.3. The maximum absolute atomic E-state index is 15.1. The van der Waals surface area contributed by atoms with E-state index >= 15 is 17.6 Å². The second-order valence-electron chi connectivity index (χ2n) is 23.6. The van der Waals surface area contributed by atoms with E-state index in [9.17, 15) is 61.4 Å². The summed E-state index contributed by atoms with van der Waals surface area (Å²) in [6.45, 7) is 21.6. The number of alkyl halides is 6. The van der Waals surface area contributed by atoms with E-state index in [1.54, 1.807) is 41.5 Å². The molecule has 3 atom stereocenters. The third-order valence-electron chi connectivity index (χ3n) is 11.8. The molecule has 0 radical (unpaired) electrons. The van der Waals surface area contributed by atoms with Gasteiger partial charge in [0.1, 0.15) is 39.9 Å². The summed E-state index contributed by atoms with van der Waals surface area (Å²) in [5.41, 5.74) is -3.20. The summed E-state index contributed by atoms with van der Waals surface area (Å²) in [5.74, 6) is -16.3. The number of amides is 4. The molecule has 0 unspecified atom stereocenters. The van der Waals surface area contributed by atoms with Crippen molar-refractivity contribution in [2.24, 2.45) is 20.7 Å². The summed E-state index contributed by atoms with van der Waals surface area (Å²) < 4.78 is 153. The largest absolute Gasteiger partial charge is 0.443 e. The van der Waals surface area contributed by atoms with Crippen LogP contribution < -0.4 is 11.5 Å². The van der Waals surface area contributed by atoms with Crippen LogP contribution in [0.1, 0.15) is 121 Å². The molecule has 21 nitrogen and oxygen atoms in total. The Morgan fingerprint density at radius 3 is 1.05 bits per heavy atom. The molecular weight excluding hydrogens is 1220 g/mol. The lowest BCUT2D eigenvalue weighted by atomic mass is 9.86. The Kier molecular flexibility index (Phi) is 21.1. The summed E-state index contributed by atoms with van der Waals surface area (Å²) in [7, 11) is 0. The van der Waals surface area contributed by atoms with Crippen LogP contribution in [0.5, 0.6) is 0 Å². The summed E-state index contributed by atoms with van der Waals surface area (Å²) in [5, 5.41) is 20.8. The molecular formula is C53H64F9N9O12S3. The van der Waals surface area contributed by atoms with Gasteiger partial charge in [-0.2, -0.15) is 9.80 Å². The van der Waals surface area contributed by atoms with Crippen molar-refractivity contribution in [2.75, 3.05) is 23.0 Å². The molecule has 0 aromatic heterocycles. The monoisotopic (exact) mass is 1290 g/mol. The molecule has 0 spiro atoms. The fourth-order valence-corrected chi connectivity index (χ4v) is 10.5. The van der Waals surface area contributed by atoms with E-state index in [-0.39, 0.29) is 10.9 Å². The van der Waals surface area contributed by atoms with Crippen molar-refractivity contribution < 1.29 is 87.5 Å². The van der Waals surface area contributed by atoms with Crippen LogP contribution >= 0.6 is 35.3 Å². The molecule has 0 saturated heterocycles. The standard InChI is InChI=1S/C21H26F3N3O6S.C21H28F3N3O4S.C11H10F3N3O2S/c1-18(2,3)32-16(28)26(17(29)33-19(4,5)6)15-25-20(7,21(23,24)11-34-15)13-10-12(27(30)31)8-9-14(13)22;1-18(2,3)30-16(28)27(17(29)31-19(4,5)6)15-26-20(7,21(23,24)11-32-15)13-10-12(25)8-9-14(13)22;1-10(11(13,14)5-20-9(15)16-10)7-4-6(17(18)19)2-3-8(7)12/h8-10H,11H2,1-7H3;8-10H,11,25H2,1-7H3;2-4H,5H2,1H3,(H2,15,16)/t2*20-;10-/m111/s1. The third-order valence-corrected chi connectivity index (χ3v) is 14.8. The zero-order chi connectivity index (χ0) is 66.1. The maximum Gasteiger partial charge on any atom is 0.426 e. The number of amidine groups is 3. The molecule has 0 aliphatic carbocycles. The summed E-state index contributed by atoms with van der Waals surface area (Å²) >= 11 is 1.49. The Morgan fingerprint density at radius 2 is 0.756 bits per heavy atom. The lowest BCUT2D eigenvalue weighted by Crippen LogP contribution is -2.53. The molecule has 6 rings (SSSR count). The number of halogens is 9. The summed E-state index contributed by atoms with van der Waals surface area (Å²) in [6.07, 6.45) is -4.78. The maximum atomic E-state index is 15.1. The molecule has 3 aliphatic heterocycles. The number of carbonyl (C=O) groups excluding carboxylic acids is 4. The average molecular weight is 1290 g/mol. The van der Waals surface area contributed by atoms with Crippen LogP contribution in [0.15, 0.2) is 69.6 Å². The van der Waals surface area contributed by atoms with E-state index in [1.165, 1.54) is 47.6 Å². The SMILES string of the molecule is CC(C)(C)OC(=O)N(C(=O)OC(C)(C)C)C1=N[C@](C)(c2cc(N)ccc2F)C(F)(F)CS1.CC(C)(C)OC(=O)N(C(=O)OC(C)(C)C)C1=N[C@](C)(c2cc([N+](=O)[O-])ccc2F)C(F)(F)CS1.C[C@]1(c2cc([N+](=O)[O-])ccc2F)N=C(N)SCC1(F)F. The van der Waals surface area contributed by atoms with Crippen LogP contribution in [0.4, 0.5) is 75.8 Å². The van der Waals surface area contributed by atoms with Crippen molar-refractivity contribution in [1.29, 1.82) is 0 Å². The highest BCUT2D eigenvalue weighted by Gasteiger charge is 2.59. The van der Waals surface area contributed by atoms with Gasteiger partial charge in [0.2, 0.25) is 0 Å². The molecule has 33 heteroatoms. The van der Waals surface area contributed by atoms with E-state index in [0.717, 1.165) is 57.2 Å². The van der Waals surface area contributed by atoms with E-state index in [0.29, 0.717) is 57.2 Å². The number of rotatable bonds is 5. The average Bonchev–Trinajstić information content (AvgIpc) is 0.790. The quantitative estimate of drug-likeness (QED) is 0.0789. The third kappa shape index (κ3) is 16.9. The first-order valence-electron chi connectivity index (χ1n) is 25.3. The second-order valence-corrected chi connectivity index (χ2v) is 26.5. The Bertz CT molecular complexity index is 3190. The Morgan fingerprint density at radius 1 is 0.488 bits per heavy atom. The molecule has 0 bridgehead atoms. The Hall–Kier alpha value is -7.03. The summed E-state index contributed by atoms with van der Waals surface area (Å²) in [6, 6.07) is 7.89. The number of thioether (sulfide) groups is 3. The zero-order valence-electron chi connectivity index (χ0n) is 49.1. The highest BCUT2D eigenvalue weighted by Crippen LogP contribution is 2.51. The molecule has 4 amide bonds. The van der Waals surface area contributed by atoms with Gasteiger partial charge < -0.3 is 30.4 Å².